The Labute approximate surface area is 114 Å². The molecule has 0 aliphatic rings. The van der Waals surface area contributed by atoms with Gasteiger partial charge in [-0.1, -0.05) is 6.07 Å². The third kappa shape index (κ3) is 2.29. The summed E-state index contributed by atoms with van der Waals surface area (Å²) in [6.45, 7) is 0. The lowest BCUT2D eigenvalue weighted by Crippen LogP contribution is -1.98. The monoisotopic (exact) mass is 266 g/mol. The topological polar surface area (TPSA) is 72.3 Å². The second-order valence-electron chi connectivity index (χ2n) is 4.14. The van der Waals surface area contributed by atoms with E-state index in [0.717, 1.165) is 5.39 Å². The van der Waals surface area contributed by atoms with Gasteiger partial charge in [0.2, 0.25) is 0 Å². The van der Waals surface area contributed by atoms with Crippen LogP contribution in [0.4, 0.5) is 0 Å². The summed E-state index contributed by atoms with van der Waals surface area (Å²) in [5, 5.41) is 9.87. The van der Waals surface area contributed by atoms with Crippen molar-refractivity contribution in [1.29, 1.82) is 0 Å². The van der Waals surface area contributed by atoms with Crippen molar-refractivity contribution in [3.8, 4) is 11.5 Å². The Morgan fingerprint density at radius 2 is 1.90 bits per heavy atom. The Balaban J connectivity index is 2.15. The molecule has 2 aromatic heterocycles. The Morgan fingerprint density at radius 1 is 1.10 bits per heavy atom. The summed E-state index contributed by atoms with van der Waals surface area (Å²) in [7, 11) is 0. The molecule has 3 rings (SSSR count). The van der Waals surface area contributed by atoms with Gasteiger partial charge in [-0.25, -0.2) is 4.79 Å². The van der Waals surface area contributed by atoms with Crippen LogP contribution in [0.5, 0.6) is 11.5 Å². The number of aromatic carboxylic acids is 1. The van der Waals surface area contributed by atoms with E-state index in [4.69, 9.17) is 9.84 Å². The number of benzene rings is 1. The average Bonchev–Trinajstić information content (AvgIpc) is 2.48. The summed E-state index contributed by atoms with van der Waals surface area (Å²) in [5.74, 6) is -0.0171. The van der Waals surface area contributed by atoms with Crippen LogP contribution in [0.1, 0.15) is 10.4 Å². The fourth-order valence-corrected chi connectivity index (χ4v) is 1.89. The minimum absolute atomic E-state index is 0.162. The lowest BCUT2D eigenvalue weighted by Gasteiger charge is -2.09. The van der Waals surface area contributed by atoms with Crippen LogP contribution in [0, 0.1) is 0 Å². The van der Waals surface area contributed by atoms with Gasteiger partial charge in [0.25, 0.3) is 0 Å². The second-order valence-corrected chi connectivity index (χ2v) is 4.14. The van der Waals surface area contributed by atoms with Crippen molar-refractivity contribution >= 4 is 16.9 Å². The van der Waals surface area contributed by atoms with E-state index in [0.29, 0.717) is 17.0 Å². The number of fused-ring (bicyclic) bond motifs is 1. The number of hydrogen-bond donors (Lipinski definition) is 1. The van der Waals surface area contributed by atoms with Crippen molar-refractivity contribution in [2.45, 2.75) is 0 Å². The van der Waals surface area contributed by atoms with E-state index in [-0.39, 0.29) is 5.56 Å². The standard InChI is InChI=1S/C15H10N2O3/c18-15(19)11-8-10-2-1-5-17-14(10)13(9-11)20-12-3-6-16-7-4-12/h1-9H,(H,18,19). The molecule has 0 saturated carbocycles. The highest BCUT2D eigenvalue weighted by molar-refractivity contribution is 5.96. The SMILES string of the molecule is O=C(O)c1cc(Oc2ccncc2)c2ncccc2c1. The molecule has 5 nitrogen and oxygen atoms in total. The maximum Gasteiger partial charge on any atom is 0.335 e. The maximum absolute atomic E-state index is 11.2. The number of ether oxygens (including phenoxy) is 1. The van der Waals surface area contributed by atoms with Crippen LogP contribution in [0.2, 0.25) is 0 Å². The van der Waals surface area contributed by atoms with Crippen LogP contribution in [-0.2, 0) is 0 Å². The van der Waals surface area contributed by atoms with Crippen molar-refractivity contribution in [2.24, 2.45) is 0 Å². The van der Waals surface area contributed by atoms with Crippen molar-refractivity contribution < 1.29 is 14.6 Å². The van der Waals surface area contributed by atoms with Crippen LogP contribution in [-0.4, -0.2) is 21.0 Å². The fourth-order valence-electron chi connectivity index (χ4n) is 1.89. The molecule has 0 bridgehead atoms. The van der Waals surface area contributed by atoms with Crippen LogP contribution in [0.3, 0.4) is 0 Å². The van der Waals surface area contributed by atoms with E-state index < -0.39 is 5.97 Å². The Hall–Kier alpha value is -2.95. The largest absolute Gasteiger partial charge is 0.478 e. The number of nitrogens with zero attached hydrogens (tertiary/aromatic N) is 2. The van der Waals surface area contributed by atoms with Gasteiger partial charge in [0.1, 0.15) is 11.3 Å². The van der Waals surface area contributed by atoms with E-state index in [1.54, 1.807) is 48.9 Å². The van der Waals surface area contributed by atoms with Gasteiger partial charge >= 0.3 is 5.97 Å². The van der Waals surface area contributed by atoms with Gasteiger partial charge in [0.15, 0.2) is 5.75 Å². The van der Waals surface area contributed by atoms with Crippen molar-refractivity contribution in [1.82, 2.24) is 9.97 Å². The van der Waals surface area contributed by atoms with Crippen LogP contribution in [0.15, 0.2) is 55.0 Å². The van der Waals surface area contributed by atoms with E-state index in [2.05, 4.69) is 9.97 Å². The molecule has 0 radical (unpaired) electrons. The molecule has 0 aliphatic carbocycles. The minimum Gasteiger partial charge on any atom is -0.478 e. The highest BCUT2D eigenvalue weighted by Crippen LogP contribution is 2.29. The van der Waals surface area contributed by atoms with Gasteiger partial charge in [-0.2, -0.15) is 0 Å². The smallest absolute Gasteiger partial charge is 0.335 e. The highest BCUT2D eigenvalue weighted by atomic mass is 16.5. The number of carboxylic acids is 1. The van der Waals surface area contributed by atoms with Crippen molar-refractivity contribution in [3.63, 3.8) is 0 Å². The predicted octanol–water partition coefficient (Wildman–Crippen LogP) is 3.12. The summed E-state index contributed by atoms with van der Waals surface area (Å²) in [5.41, 5.74) is 0.781. The fraction of sp³-hybridized carbons (Fsp3) is 0. The molecule has 3 aromatic rings. The van der Waals surface area contributed by atoms with Gasteiger partial charge in [-0.3, -0.25) is 9.97 Å². The van der Waals surface area contributed by atoms with Gasteiger partial charge < -0.3 is 9.84 Å². The molecule has 2 heterocycles. The van der Waals surface area contributed by atoms with E-state index in [1.165, 1.54) is 6.07 Å². The molecule has 98 valence electrons. The number of rotatable bonds is 3. The molecule has 0 unspecified atom stereocenters. The van der Waals surface area contributed by atoms with Gasteiger partial charge in [0.05, 0.1) is 5.56 Å². The normalized spacial score (nSPS) is 10.4. The number of aromatic nitrogens is 2. The molecule has 5 heteroatoms. The zero-order chi connectivity index (χ0) is 13.9. The lowest BCUT2D eigenvalue weighted by atomic mass is 10.1. The molecule has 1 aromatic carbocycles. The van der Waals surface area contributed by atoms with Gasteiger partial charge in [-0.15, -0.1) is 0 Å². The molecule has 20 heavy (non-hydrogen) atoms. The first-order chi connectivity index (χ1) is 9.74. The third-order valence-corrected chi connectivity index (χ3v) is 2.79. The van der Waals surface area contributed by atoms with E-state index in [1.807, 2.05) is 0 Å². The quantitative estimate of drug-likeness (QED) is 0.788. The molecule has 0 fully saturated rings. The van der Waals surface area contributed by atoms with E-state index in [9.17, 15) is 4.79 Å². The molecule has 0 atom stereocenters. The zero-order valence-electron chi connectivity index (χ0n) is 10.4. The number of hydrogen-bond acceptors (Lipinski definition) is 4. The first-order valence-electron chi connectivity index (χ1n) is 5.94. The zero-order valence-corrected chi connectivity index (χ0v) is 10.4. The Kier molecular flexibility index (Phi) is 3.01. The minimum atomic E-state index is -1.00. The average molecular weight is 266 g/mol. The lowest BCUT2D eigenvalue weighted by molar-refractivity contribution is 0.0696. The maximum atomic E-state index is 11.2. The number of pyridine rings is 2. The molecular formula is C15H10N2O3. The van der Waals surface area contributed by atoms with Crippen LogP contribution in [0.25, 0.3) is 10.9 Å². The number of carboxylic acid groups (broad SMARTS) is 1. The molecule has 0 amide bonds. The highest BCUT2D eigenvalue weighted by Gasteiger charge is 2.11. The van der Waals surface area contributed by atoms with Crippen molar-refractivity contribution in [2.75, 3.05) is 0 Å². The summed E-state index contributed by atoms with van der Waals surface area (Å²) in [6, 6.07) is 9.99. The van der Waals surface area contributed by atoms with Gasteiger partial charge in [-0.05, 0) is 30.3 Å². The second kappa shape index (κ2) is 4.97. The molecule has 0 saturated heterocycles. The van der Waals surface area contributed by atoms with Crippen molar-refractivity contribution in [3.05, 3.63) is 60.6 Å². The van der Waals surface area contributed by atoms with Crippen LogP contribution >= 0.6 is 0 Å². The summed E-state index contributed by atoms with van der Waals surface area (Å²) in [6.07, 6.45) is 4.85. The summed E-state index contributed by atoms with van der Waals surface area (Å²) < 4.78 is 5.72. The molecule has 0 aliphatic heterocycles. The first-order valence-corrected chi connectivity index (χ1v) is 5.94. The molecule has 0 spiro atoms. The molecular weight excluding hydrogens is 256 g/mol. The summed E-state index contributed by atoms with van der Waals surface area (Å²) in [4.78, 5) is 19.3. The Morgan fingerprint density at radius 3 is 2.65 bits per heavy atom. The third-order valence-electron chi connectivity index (χ3n) is 2.79. The molecule has 1 N–H and O–H groups in total. The first kappa shape index (κ1) is 12.1. The Bertz CT molecular complexity index is 772. The summed E-state index contributed by atoms with van der Waals surface area (Å²) >= 11 is 0. The number of carbonyl (C=O) groups is 1. The van der Waals surface area contributed by atoms with Gasteiger partial charge in [0, 0.05) is 24.0 Å². The predicted molar refractivity (Wildman–Crippen MR) is 73.0 cm³/mol. The van der Waals surface area contributed by atoms with Crippen LogP contribution < -0.4 is 4.74 Å². The van der Waals surface area contributed by atoms with E-state index >= 15 is 0 Å².